The van der Waals surface area contributed by atoms with Crippen LogP contribution >= 0.6 is 11.6 Å². The van der Waals surface area contributed by atoms with E-state index in [1.807, 2.05) is 24.3 Å². The summed E-state index contributed by atoms with van der Waals surface area (Å²) in [5.74, 6) is 0.906. The van der Waals surface area contributed by atoms with Crippen molar-refractivity contribution in [3.63, 3.8) is 0 Å². The molecule has 0 amide bonds. The molecule has 0 aliphatic heterocycles. The first kappa shape index (κ1) is 12.4. The molecule has 1 heterocycles. The van der Waals surface area contributed by atoms with Crippen LogP contribution in [0.4, 0.5) is 0 Å². The molecule has 3 rings (SSSR count). The molecule has 1 aliphatic rings. The molecule has 0 spiro atoms. The Balaban J connectivity index is 1.74. The molecule has 2 aromatic rings. The van der Waals surface area contributed by atoms with E-state index >= 15 is 0 Å². The number of nitrogens with zero attached hydrogens (tertiary/aromatic N) is 3. The summed E-state index contributed by atoms with van der Waals surface area (Å²) in [6, 6.07) is 7.85. The average molecular weight is 276 g/mol. The van der Waals surface area contributed by atoms with E-state index in [2.05, 4.69) is 15.2 Å². The van der Waals surface area contributed by atoms with Gasteiger partial charge in [-0.2, -0.15) is 5.10 Å². The van der Waals surface area contributed by atoms with E-state index in [0.29, 0.717) is 11.8 Å². The van der Waals surface area contributed by atoms with Crippen molar-refractivity contribution >= 4 is 11.6 Å². The van der Waals surface area contributed by atoms with E-state index in [0.717, 1.165) is 24.2 Å². The Bertz CT molecular complexity index is 553. The first-order chi connectivity index (χ1) is 9.31. The van der Waals surface area contributed by atoms with Gasteiger partial charge in [0.1, 0.15) is 5.75 Å². The predicted molar refractivity (Wildman–Crippen MR) is 73.2 cm³/mol. The SMILES string of the molecule is Clc1nncc(-c2ccc(OC3CCCC3)cc2)n1. The minimum Gasteiger partial charge on any atom is -0.490 e. The lowest BCUT2D eigenvalue weighted by Gasteiger charge is -2.13. The van der Waals surface area contributed by atoms with Crippen LogP contribution in [-0.2, 0) is 0 Å². The van der Waals surface area contributed by atoms with Crippen LogP contribution in [0.25, 0.3) is 11.3 Å². The molecule has 0 N–H and O–H groups in total. The fraction of sp³-hybridized carbons (Fsp3) is 0.357. The Morgan fingerprint density at radius 3 is 2.53 bits per heavy atom. The minimum atomic E-state index is 0.156. The third kappa shape index (κ3) is 3.01. The van der Waals surface area contributed by atoms with Crippen LogP contribution in [0.1, 0.15) is 25.7 Å². The summed E-state index contributed by atoms with van der Waals surface area (Å²) in [7, 11) is 0. The van der Waals surface area contributed by atoms with Gasteiger partial charge in [-0.25, -0.2) is 4.98 Å². The van der Waals surface area contributed by atoms with Gasteiger partial charge >= 0.3 is 0 Å². The normalized spacial score (nSPS) is 15.6. The zero-order valence-corrected chi connectivity index (χ0v) is 11.2. The third-order valence-corrected chi connectivity index (χ3v) is 3.45. The molecule has 0 unspecified atom stereocenters. The molecule has 1 aliphatic carbocycles. The van der Waals surface area contributed by atoms with Crippen molar-refractivity contribution in [2.75, 3.05) is 0 Å². The second kappa shape index (κ2) is 5.53. The summed E-state index contributed by atoms with van der Waals surface area (Å²) in [6.45, 7) is 0. The molecule has 19 heavy (non-hydrogen) atoms. The van der Waals surface area contributed by atoms with Gasteiger partial charge in [-0.05, 0) is 61.5 Å². The third-order valence-electron chi connectivity index (χ3n) is 3.29. The molecule has 98 valence electrons. The number of hydrogen-bond donors (Lipinski definition) is 0. The molecule has 0 atom stereocenters. The first-order valence-corrected chi connectivity index (χ1v) is 6.81. The number of aromatic nitrogens is 3. The first-order valence-electron chi connectivity index (χ1n) is 6.43. The van der Waals surface area contributed by atoms with Gasteiger partial charge in [0.2, 0.25) is 5.28 Å². The smallest absolute Gasteiger partial charge is 0.243 e. The van der Waals surface area contributed by atoms with Gasteiger partial charge in [0.25, 0.3) is 0 Å². The second-order valence-corrected chi connectivity index (χ2v) is 5.00. The highest BCUT2D eigenvalue weighted by molar-refractivity contribution is 6.28. The fourth-order valence-electron chi connectivity index (χ4n) is 2.32. The molecule has 1 fully saturated rings. The van der Waals surface area contributed by atoms with Crippen LogP contribution in [0.2, 0.25) is 5.28 Å². The highest BCUT2D eigenvalue weighted by Crippen LogP contribution is 2.26. The van der Waals surface area contributed by atoms with E-state index in [1.165, 1.54) is 12.8 Å². The van der Waals surface area contributed by atoms with Crippen molar-refractivity contribution in [2.45, 2.75) is 31.8 Å². The van der Waals surface area contributed by atoms with Crippen LogP contribution in [0, 0.1) is 0 Å². The quantitative estimate of drug-likeness (QED) is 0.860. The maximum atomic E-state index is 5.92. The number of rotatable bonds is 3. The van der Waals surface area contributed by atoms with Crippen molar-refractivity contribution in [3.05, 3.63) is 35.7 Å². The van der Waals surface area contributed by atoms with Gasteiger partial charge in [-0.15, -0.1) is 5.10 Å². The molecular weight excluding hydrogens is 262 g/mol. The monoisotopic (exact) mass is 275 g/mol. The van der Waals surface area contributed by atoms with E-state index < -0.39 is 0 Å². The van der Waals surface area contributed by atoms with Crippen molar-refractivity contribution in [3.8, 4) is 17.0 Å². The molecule has 0 saturated heterocycles. The van der Waals surface area contributed by atoms with Crippen LogP contribution in [0.3, 0.4) is 0 Å². The summed E-state index contributed by atoms with van der Waals surface area (Å²) in [4.78, 5) is 4.13. The highest BCUT2D eigenvalue weighted by atomic mass is 35.5. The average Bonchev–Trinajstić information content (AvgIpc) is 2.92. The highest BCUT2D eigenvalue weighted by Gasteiger charge is 2.16. The van der Waals surface area contributed by atoms with E-state index in [1.54, 1.807) is 6.20 Å². The summed E-state index contributed by atoms with van der Waals surface area (Å²) in [6.07, 6.45) is 6.84. The van der Waals surface area contributed by atoms with Crippen LogP contribution in [-0.4, -0.2) is 21.3 Å². The maximum Gasteiger partial charge on any atom is 0.243 e. The van der Waals surface area contributed by atoms with E-state index in [-0.39, 0.29) is 5.28 Å². The molecule has 1 aromatic carbocycles. The number of halogens is 1. The zero-order chi connectivity index (χ0) is 13.1. The van der Waals surface area contributed by atoms with Gasteiger partial charge in [-0.3, -0.25) is 0 Å². The number of hydrogen-bond acceptors (Lipinski definition) is 4. The zero-order valence-electron chi connectivity index (χ0n) is 10.4. The molecule has 4 nitrogen and oxygen atoms in total. The predicted octanol–water partition coefficient (Wildman–Crippen LogP) is 3.51. The summed E-state index contributed by atoms with van der Waals surface area (Å²) in [5.41, 5.74) is 1.67. The van der Waals surface area contributed by atoms with Crippen LogP contribution < -0.4 is 4.74 Å². The number of benzene rings is 1. The standard InChI is InChI=1S/C14H14ClN3O/c15-14-17-13(9-16-18-14)10-5-7-12(8-6-10)19-11-3-1-2-4-11/h5-9,11H,1-4H2. The van der Waals surface area contributed by atoms with Gasteiger partial charge in [-0.1, -0.05) is 0 Å². The molecule has 0 bridgehead atoms. The largest absolute Gasteiger partial charge is 0.490 e. The van der Waals surface area contributed by atoms with Crippen LogP contribution in [0.15, 0.2) is 30.5 Å². The summed E-state index contributed by atoms with van der Waals surface area (Å²) >= 11 is 5.73. The van der Waals surface area contributed by atoms with Crippen molar-refractivity contribution < 1.29 is 4.74 Å². The van der Waals surface area contributed by atoms with Gasteiger partial charge in [0.05, 0.1) is 18.0 Å². The van der Waals surface area contributed by atoms with Crippen molar-refractivity contribution in [1.82, 2.24) is 15.2 Å². The Hall–Kier alpha value is -1.68. The molecule has 5 heteroatoms. The summed E-state index contributed by atoms with van der Waals surface area (Å²) in [5, 5.41) is 7.58. The summed E-state index contributed by atoms with van der Waals surface area (Å²) < 4.78 is 5.92. The molecule has 1 aromatic heterocycles. The molecule has 0 radical (unpaired) electrons. The molecule has 1 saturated carbocycles. The molecular formula is C14H14ClN3O. The van der Waals surface area contributed by atoms with E-state index in [4.69, 9.17) is 16.3 Å². The maximum absolute atomic E-state index is 5.92. The lowest BCUT2D eigenvalue weighted by Crippen LogP contribution is -2.10. The second-order valence-electron chi connectivity index (χ2n) is 4.66. The lowest BCUT2D eigenvalue weighted by molar-refractivity contribution is 0.210. The van der Waals surface area contributed by atoms with Crippen molar-refractivity contribution in [1.29, 1.82) is 0 Å². The van der Waals surface area contributed by atoms with Crippen molar-refractivity contribution in [2.24, 2.45) is 0 Å². The number of ether oxygens (including phenoxy) is 1. The van der Waals surface area contributed by atoms with Gasteiger partial charge in [0, 0.05) is 5.56 Å². The Labute approximate surface area is 116 Å². The Morgan fingerprint density at radius 1 is 1.11 bits per heavy atom. The van der Waals surface area contributed by atoms with E-state index in [9.17, 15) is 0 Å². The fourth-order valence-corrected chi connectivity index (χ4v) is 2.46. The topological polar surface area (TPSA) is 47.9 Å². The van der Waals surface area contributed by atoms with Crippen LogP contribution in [0.5, 0.6) is 5.75 Å². The lowest BCUT2D eigenvalue weighted by atomic mass is 10.1. The Morgan fingerprint density at radius 2 is 1.84 bits per heavy atom. The van der Waals surface area contributed by atoms with Gasteiger partial charge in [0.15, 0.2) is 0 Å². The minimum absolute atomic E-state index is 0.156. The Kier molecular flexibility index (Phi) is 3.60. The van der Waals surface area contributed by atoms with Gasteiger partial charge < -0.3 is 4.74 Å².